The molecule has 122 valence electrons. The van der Waals surface area contributed by atoms with Crippen LogP contribution < -0.4 is 5.48 Å². The monoisotopic (exact) mass is 306 g/mol. The molecule has 0 aliphatic rings. The SMILES string of the molecule is CC(C)[C@H](ONC(=O)CCCc1ccccc1)C(=O)N(C)C. The predicted molar refractivity (Wildman–Crippen MR) is 85.9 cm³/mol. The molecule has 0 radical (unpaired) electrons. The van der Waals surface area contributed by atoms with Crippen molar-refractivity contribution in [1.29, 1.82) is 0 Å². The molecule has 1 aromatic carbocycles. The van der Waals surface area contributed by atoms with E-state index in [-0.39, 0.29) is 17.7 Å². The zero-order valence-electron chi connectivity index (χ0n) is 13.8. The summed E-state index contributed by atoms with van der Waals surface area (Å²) in [5, 5.41) is 0. The Hall–Kier alpha value is -1.88. The molecule has 1 aromatic rings. The second-order valence-corrected chi connectivity index (χ2v) is 5.88. The third-order valence-electron chi connectivity index (χ3n) is 3.30. The lowest BCUT2D eigenvalue weighted by Gasteiger charge is -2.23. The van der Waals surface area contributed by atoms with Gasteiger partial charge in [-0.05, 0) is 24.3 Å². The van der Waals surface area contributed by atoms with Crippen LogP contribution in [-0.4, -0.2) is 36.9 Å². The fraction of sp³-hybridized carbons (Fsp3) is 0.529. The Bertz CT molecular complexity index is 472. The number of benzene rings is 1. The minimum Gasteiger partial charge on any atom is -0.346 e. The Balaban J connectivity index is 2.33. The van der Waals surface area contributed by atoms with Gasteiger partial charge in [-0.3, -0.25) is 14.4 Å². The van der Waals surface area contributed by atoms with Gasteiger partial charge in [-0.25, -0.2) is 5.48 Å². The molecule has 0 fully saturated rings. The van der Waals surface area contributed by atoms with Crippen molar-refractivity contribution in [3.63, 3.8) is 0 Å². The molecule has 0 unspecified atom stereocenters. The zero-order valence-corrected chi connectivity index (χ0v) is 13.8. The highest BCUT2D eigenvalue weighted by molar-refractivity contribution is 5.81. The van der Waals surface area contributed by atoms with Crippen molar-refractivity contribution in [1.82, 2.24) is 10.4 Å². The number of hydrogen-bond donors (Lipinski definition) is 1. The van der Waals surface area contributed by atoms with Gasteiger partial charge in [0.15, 0.2) is 6.10 Å². The van der Waals surface area contributed by atoms with E-state index in [1.807, 2.05) is 44.2 Å². The highest BCUT2D eigenvalue weighted by atomic mass is 16.7. The number of amides is 2. The second-order valence-electron chi connectivity index (χ2n) is 5.88. The van der Waals surface area contributed by atoms with Gasteiger partial charge >= 0.3 is 0 Å². The van der Waals surface area contributed by atoms with E-state index in [0.29, 0.717) is 6.42 Å². The van der Waals surface area contributed by atoms with Crippen LogP contribution in [0.1, 0.15) is 32.3 Å². The Kier molecular flexibility index (Phi) is 7.60. The summed E-state index contributed by atoms with van der Waals surface area (Å²) < 4.78 is 0. The predicted octanol–water partition coefficient (Wildman–Crippen LogP) is 2.17. The van der Waals surface area contributed by atoms with E-state index in [4.69, 9.17) is 4.84 Å². The highest BCUT2D eigenvalue weighted by Gasteiger charge is 2.25. The van der Waals surface area contributed by atoms with Crippen molar-refractivity contribution in [2.45, 2.75) is 39.2 Å². The van der Waals surface area contributed by atoms with Gasteiger partial charge in [0.25, 0.3) is 5.91 Å². The molecule has 0 heterocycles. The average molecular weight is 306 g/mol. The molecular weight excluding hydrogens is 280 g/mol. The van der Waals surface area contributed by atoms with Crippen LogP contribution in [-0.2, 0) is 20.8 Å². The minimum atomic E-state index is -0.659. The van der Waals surface area contributed by atoms with Crippen LogP contribution in [0.2, 0.25) is 0 Å². The number of likely N-dealkylation sites (N-methyl/N-ethyl adjacent to an activating group) is 1. The molecule has 0 bridgehead atoms. The Morgan fingerprint density at radius 2 is 1.82 bits per heavy atom. The molecule has 0 aliphatic carbocycles. The molecular formula is C17H26N2O3. The average Bonchev–Trinajstić information content (AvgIpc) is 2.47. The smallest absolute Gasteiger partial charge is 0.254 e. The van der Waals surface area contributed by atoms with Crippen molar-refractivity contribution in [3.8, 4) is 0 Å². The molecule has 1 N–H and O–H groups in total. The fourth-order valence-corrected chi connectivity index (χ4v) is 2.00. The van der Waals surface area contributed by atoms with E-state index in [0.717, 1.165) is 12.8 Å². The number of hydrogen-bond acceptors (Lipinski definition) is 3. The molecule has 22 heavy (non-hydrogen) atoms. The van der Waals surface area contributed by atoms with Gasteiger partial charge in [0, 0.05) is 20.5 Å². The van der Waals surface area contributed by atoms with E-state index in [2.05, 4.69) is 5.48 Å². The number of aryl methyl sites for hydroxylation is 1. The zero-order chi connectivity index (χ0) is 16.5. The molecule has 0 saturated carbocycles. The third-order valence-corrected chi connectivity index (χ3v) is 3.30. The van der Waals surface area contributed by atoms with E-state index in [1.54, 1.807) is 14.1 Å². The van der Waals surface area contributed by atoms with Crippen LogP contribution in [0.3, 0.4) is 0 Å². The topological polar surface area (TPSA) is 58.6 Å². The number of carbonyl (C=O) groups excluding carboxylic acids is 2. The van der Waals surface area contributed by atoms with Crippen LogP contribution in [0.4, 0.5) is 0 Å². The number of nitrogens with one attached hydrogen (secondary N) is 1. The maximum Gasteiger partial charge on any atom is 0.254 e. The van der Waals surface area contributed by atoms with E-state index >= 15 is 0 Å². The van der Waals surface area contributed by atoms with Crippen LogP contribution >= 0.6 is 0 Å². The number of hydroxylamine groups is 1. The minimum absolute atomic E-state index is 0.0143. The maximum atomic E-state index is 11.9. The molecule has 0 aliphatic heterocycles. The van der Waals surface area contributed by atoms with Crippen molar-refractivity contribution in [2.75, 3.05) is 14.1 Å². The summed E-state index contributed by atoms with van der Waals surface area (Å²) in [6.45, 7) is 3.77. The first kappa shape index (κ1) is 18.2. The number of rotatable bonds is 8. The first-order valence-electron chi connectivity index (χ1n) is 7.61. The summed E-state index contributed by atoms with van der Waals surface area (Å²) in [5.74, 6) is -0.368. The van der Waals surface area contributed by atoms with Gasteiger partial charge in [0.2, 0.25) is 5.91 Å². The van der Waals surface area contributed by atoms with Crippen LogP contribution in [0.15, 0.2) is 30.3 Å². The number of nitrogens with zero attached hydrogens (tertiary/aromatic N) is 1. The Morgan fingerprint density at radius 3 is 2.36 bits per heavy atom. The first-order valence-corrected chi connectivity index (χ1v) is 7.61. The summed E-state index contributed by atoms with van der Waals surface area (Å²) >= 11 is 0. The summed E-state index contributed by atoms with van der Waals surface area (Å²) in [6.07, 6.45) is 1.30. The summed E-state index contributed by atoms with van der Waals surface area (Å²) in [4.78, 5) is 30.5. The summed E-state index contributed by atoms with van der Waals surface area (Å²) in [5.41, 5.74) is 3.61. The molecule has 1 atom stereocenters. The lowest BCUT2D eigenvalue weighted by atomic mass is 10.1. The van der Waals surface area contributed by atoms with Crippen molar-refractivity contribution >= 4 is 11.8 Å². The van der Waals surface area contributed by atoms with Crippen molar-refractivity contribution in [2.24, 2.45) is 5.92 Å². The van der Waals surface area contributed by atoms with Gasteiger partial charge in [-0.15, -0.1) is 0 Å². The van der Waals surface area contributed by atoms with Crippen LogP contribution in [0.5, 0.6) is 0 Å². The Morgan fingerprint density at radius 1 is 1.18 bits per heavy atom. The van der Waals surface area contributed by atoms with E-state index < -0.39 is 6.10 Å². The van der Waals surface area contributed by atoms with Crippen LogP contribution in [0, 0.1) is 5.92 Å². The Labute approximate surface area is 132 Å². The normalized spacial score (nSPS) is 12.0. The van der Waals surface area contributed by atoms with Crippen molar-refractivity contribution < 1.29 is 14.4 Å². The molecule has 5 heteroatoms. The quantitative estimate of drug-likeness (QED) is 0.749. The van der Waals surface area contributed by atoms with Crippen molar-refractivity contribution in [3.05, 3.63) is 35.9 Å². The molecule has 0 saturated heterocycles. The van der Waals surface area contributed by atoms with Gasteiger partial charge in [-0.1, -0.05) is 44.2 Å². The van der Waals surface area contributed by atoms with Crippen LogP contribution in [0.25, 0.3) is 0 Å². The molecule has 0 spiro atoms. The molecule has 0 aromatic heterocycles. The maximum absolute atomic E-state index is 11.9. The highest BCUT2D eigenvalue weighted by Crippen LogP contribution is 2.08. The molecule has 1 rings (SSSR count). The van der Waals surface area contributed by atoms with Gasteiger partial charge in [-0.2, -0.15) is 0 Å². The first-order chi connectivity index (χ1) is 10.4. The molecule has 5 nitrogen and oxygen atoms in total. The number of carbonyl (C=O) groups is 2. The summed E-state index contributed by atoms with van der Waals surface area (Å²) in [6, 6.07) is 10.0. The largest absolute Gasteiger partial charge is 0.346 e. The van der Waals surface area contributed by atoms with Gasteiger partial charge < -0.3 is 4.90 Å². The van der Waals surface area contributed by atoms with Gasteiger partial charge in [0.05, 0.1) is 0 Å². The fourth-order valence-electron chi connectivity index (χ4n) is 2.00. The van der Waals surface area contributed by atoms with E-state index in [9.17, 15) is 9.59 Å². The second kappa shape index (κ2) is 9.20. The van der Waals surface area contributed by atoms with E-state index in [1.165, 1.54) is 10.5 Å². The summed E-state index contributed by atoms with van der Waals surface area (Å²) in [7, 11) is 3.34. The standard InChI is InChI=1S/C17H26N2O3/c1-13(2)16(17(21)19(3)4)22-18-15(20)12-8-11-14-9-6-5-7-10-14/h5-7,9-10,13,16H,8,11-12H2,1-4H3,(H,18,20)/t16-/m0/s1. The lowest BCUT2D eigenvalue weighted by molar-refractivity contribution is -0.157. The lowest BCUT2D eigenvalue weighted by Crippen LogP contribution is -2.43. The molecule has 2 amide bonds. The van der Waals surface area contributed by atoms with Gasteiger partial charge in [0.1, 0.15) is 0 Å². The third kappa shape index (κ3) is 6.26.